The largest absolute Gasteiger partial charge is 0.429 e. The van der Waals surface area contributed by atoms with Crippen molar-refractivity contribution >= 4 is 0 Å². The molecule has 2 aliphatic rings. The highest BCUT2D eigenvalue weighted by molar-refractivity contribution is 5.30. The van der Waals surface area contributed by atoms with Gasteiger partial charge in [0.05, 0.1) is 5.56 Å². The van der Waals surface area contributed by atoms with Crippen molar-refractivity contribution in [2.45, 2.75) is 90.1 Å². The predicted octanol–water partition coefficient (Wildman–Crippen LogP) is 9.00. The number of halogens is 2. The second-order valence-corrected chi connectivity index (χ2v) is 10.5. The van der Waals surface area contributed by atoms with Gasteiger partial charge in [-0.15, -0.1) is 0 Å². The van der Waals surface area contributed by atoms with Gasteiger partial charge in [0.2, 0.25) is 0 Å². The van der Waals surface area contributed by atoms with Gasteiger partial charge in [0.25, 0.3) is 0 Å². The molecule has 0 heterocycles. The highest BCUT2D eigenvalue weighted by Gasteiger charge is 2.35. The lowest BCUT2D eigenvalue weighted by atomic mass is 9.74. The summed E-state index contributed by atoms with van der Waals surface area (Å²) >= 11 is 0. The van der Waals surface area contributed by atoms with Crippen LogP contribution < -0.4 is 4.74 Å². The summed E-state index contributed by atoms with van der Waals surface area (Å²) in [7, 11) is 0. The number of rotatable bonds is 7. The first-order chi connectivity index (χ1) is 15.4. The molecule has 2 aromatic rings. The smallest absolute Gasteiger partial charge is 0.426 e. The fourth-order valence-electron chi connectivity index (χ4n) is 5.64. The van der Waals surface area contributed by atoms with E-state index in [9.17, 15) is 8.78 Å². The zero-order chi connectivity index (χ0) is 22.6. The third-order valence-corrected chi connectivity index (χ3v) is 7.95. The molecule has 0 aliphatic heterocycles. The lowest BCUT2D eigenvalue weighted by Gasteiger charge is -2.31. The quantitative estimate of drug-likeness (QED) is 0.417. The maximum Gasteiger partial charge on any atom is 0.426 e. The summed E-state index contributed by atoms with van der Waals surface area (Å²) in [6, 6.07) is 13.6. The van der Waals surface area contributed by atoms with Crippen LogP contribution in [0, 0.1) is 24.7 Å². The lowest BCUT2D eigenvalue weighted by Crippen LogP contribution is -2.22. The maximum atomic E-state index is 14.6. The summed E-state index contributed by atoms with van der Waals surface area (Å²) in [5, 5.41) is 0. The number of alkyl halides is 2. The van der Waals surface area contributed by atoms with Gasteiger partial charge < -0.3 is 4.74 Å². The average molecular weight is 441 g/mol. The monoisotopic (exact) mass is 440 g/mol. The van der Waals surface area contributed by atoms with Crippen LogP contribution >= 0.6 is 0 Å². The summed E-state index contributed by atoms with van der Waals surface area (Å²) in [5.74, 6) is 3.44. The molecule has 2 aromatic carbocycles. The van der Waals surface area contributed by atoms with E-state index in [1.165, 1.54) is 69.8 Å². The first-order valence-corrected chi connectivity index (χ1v) is 12.6. The molecule has 3 heteroatoms. The molecule has 174 valence electrons. The SMILES string of the molecule is Cc1ccc(OC(F)(F)c2ccc(C3CCC(CCC4CCC(C)CC4)CC3)cc2)cc1. The molecule has 0 unspecified atom stereocenters. The van der Waals surface area contributed by atoms with E-state index in [2.05, 4.69) is 6.92 Å². The number of aryl methyl sites for hydroxylation is 1. The van der Waals surface area contributed by atoms with Crippen LogP contribution in [-0.4, -0.2) is 0 Å². The van der Waals surface area contributed by atoms with Gasteiger partial charge >= 0.3 is 6.11 Å². The predicted molar refractivity (Wildman–Crippen MR) is 127 cm³/mol. The van der Waals surface area contributed by atoms with E-state index < -0.39 is 6.11 Å². The maximum absolute atomic E-state index is 14.6. The van der Waals surface area contributed by atoms with Crippen molar-refractivity contribution in [3.8, 4) is 5.75 Å². The zero-order valence-corrected chi connectivity index (χ0v) is 19.7. The van der Waals surface area contributed by atoms with Gasteiger partial charge in [0.1, 0.15) is 5.75 Å². The zero-order valence-electron chi connectivity index (χ0n) is 19.7. The summed E-state index contributed by atoms with van der Waals surface area (Å²) in [5.41, 5.74) is 2.13. The van der Waals surface area contributed by atoms with E-state index in [0.29, 0.717) is 5.92 Å². The van der Waals surface area contributed by atoms with Crippen molar-refractivity contribution in [3.63, 3.8) is 0 Å². The molecule has 1 nitrogen and oxygen atoms in total. The van der Waals surface area contributed by atoms with Crippen LogP contribution in [0.3, 0.4) is 0 Å². The van der Waals surface area contributed by atoms with Crippen molar-refractivity contribution in [2.24, 2.45) is 17.8 Å². The van der Waals surface area contributed by atoms with Gasteiger partial charge in [-0.3, -0.25) is 0 Å². The minimum absolute atomic E-state index is 0.0858. The topological polar surface area (TPSA) is 9.23 Å². The van der Waals surface area contributed by atoms with Crippen LogP contribution in [0.2, 0.25) is 0 Å². The Balaban J connectivity index is 1.26. The highest BCUT2D eigenvalue weighted by Crippen LogP contribution is 2.40. The number of hydrogen-bond donors (Lipinski definition) is 0. The van der Waals surface area contributed by atoms with E-state index in [4.69, 9.17) is 4.74 Å². The van der Waals surface area contributed by atoms with Crippen molar-refractivity contribution < 1.29 is 13.5 Å². The highest BCUT2D eigenvalue weighted by atomic mass is 19.3. The van der Waals surface area contributed by atoms with Crippen LogP contribution in [0.1, 0.15) is 93.7 Å². The molecule has 0 bridgehead atoms. The molecule has 2 saturated carbocycles. The number of hydrogen-bond acceptors (Lipinski definition) is 1. The second-order valence-electron chi connectivity index (χ2n) is 10.5. The van der Waals surface area contributed by atoms with Crippen molar-refractivity contribution in [1.82, 2.24) is 0 Å². The van der Waals surface area contributed by atoms with Crippen molar-refractivity contribution in [3.05, 3.63) is 65.2 Å². The molecule has 0 radical (unpaired) electrons. The van der Waals surface area contributed by atoms with E-state index >= 15 is 0 Å². The molecule has 0 amide bonds. The molecule has 0 saturated heterocycles. The van der Waals surface area contributed by atoms with Crippen LogP contribution in [-0.2, 0) is 6.11 Å². The number of benzene rings is 2. The van der Waals surface area contributed by atoms with Gasteiger partial charge in [-0.05, 0) is 86.1 Å². The Bertz CT molecular complexity index is 826. The summed E-state index contributed by atoms with van der Waals surface area (Å²) in [4.78, 5) is 0. The molecule has 0 atom stereocenters. The Morgan fingerprint density at radius 3 is 1.84 bits per heavy atom. The molecule has 2 fully saturated rings. The molecule has 4 rings (SSSR count). The second kappa shape index (κ2) is 10.4. The fourth-order valence-corrected chi connectivity index (χ4v) is 5.64. The van der Waals surface area contributed by atoms with E-state index in [1.54, 1.807) is 36.4 Å². The molecular weight excluding hydrogens is 402 g/mol. The molecule has 0 spiro atoms. The molecule has 2 aliphatic carbocycles. The van der Waals surface area contributed by atoms with Crippen molar-refractivity contribution in [2.75, 3.05) is 0 Å². The first-order valence-electron chi connectivity index (χ1n) is 12.6. The normalized spacial score (nSPS) is 26.6. The molecule has 0 N–H and O–H groups in total. The van der Waals surface area contributed by atoms with Gasteiger partial charge in [-0.25, -0.2) is 0 Å². The Kier molecular flexibility index (Phi) is 7.53. The van der Waals surface area contributed by atoms with Gasteiger partial charge in [-0.1, -0.05) is 75.3 Å². The van der Waals surface area contributed by atoms with Crippen LogP contribution in [0.25, 0.3) is 0 Å². The Morgan fingerprint density at radius 1 is 0.750 bits per heavy atom. The Morgan fingerprint density at radius 2 is 1.28 bits per heavy atom. The Labute approximate surface area is 192 Å². The minimum atomic E-state index is -3.33. The van der Waals surface area contributed by atoms with E-state index in [0.717, 1.165) is 23.3 Å². The van der Waals surface area contributed by atoms with Crippen LogP contribution in [0.4, 0.5) is 8.78 Å². The fraction of sp³-hybridized carbons (Fsp3) is 0.586. The Hall–Kier alpha value is -1.90. The third-order valence-electron chi connectivity index (χ3n) is 7.95. The molecule has 32 heavy (non-hydrogen) atoms. The number of ether oxygens (including phenoxy) is 1. The van der Waals surface area contributed by atoms with Crippen LogP contribution in [0.5, 0.6) is 5.75 Å². The average Bonchev–Trinajstić information content (AvgIpc) is 2.81. The van der Waals surface area contributed by atoms with Gasteiger partial charge in [0, 0.05) is 0 Å². The van der Waals surface area contributed by atoms with Gasteiger partial charge in [0.15, 0.2) is 0 Å². The summed E-state index contributed by atoms with van der Waals surface area (Å²) in [6.07, 6.45) is 10.1. The summed E-state index contributed by atoms with van der Waals surface area (Å²) in [6.45, 7) is 4.31. The first kappa shape index (κ1) is 23.3. The van der Waals surface area contributed by atoms with Crippen LogP contribution in [0.15, 0.2) is 48.5 Å². The lowest BCUT2D eigenvalue weighted by molar-refractivity contribution is -0.185. The summed E-state index contributed by atoms with van der Waals surface area (Å²) < 4.78 is 34.2. The molecular formula is C29H38F2O. The third kappa shape index (κ3) is 6.11. The molecule has 0 aromatic heterocycles. The van der Waals surface area contributed by atoms with E-state index in [1.807, 2.05) is 19.1 Å². The van der Waals surface area contributed by atoms with Crippen molar-refractivity contribution in [1.29, 1.82) is 0 Å². The minimum Gasteiger partial charge on any atom is -0.429 e. The van der Waals surface area contributed by atoms with Gasteiger partial charge in [-0.2, -0.15) is 8.78 Å². The standard InChI is InChI=1S/C29H38F2O/c1-21-3-7-23(8-4-21)9-10-24-11-13-25(14-12-24)26-15-17-27(18-16-26)29(30,31)32-28-19-5-22(2)6-20-28/h5-6,15-21,23-25H,3-4,7-14H2,1-2H3. The van der Waals surface area contributed by atoms with E-state index in [-0.39, 0.29) is 11.3 Å².